The molecule has 0 saturated heterocycles. The van der Waals surface area contributed by atoms with Crippen molar-refractivity contribution in [3.63, 3.8) is 0 Å². The molecule has 1 aromatic rings. The summed E-state index contributed by atoms with van der Waals surface area (Å²) in [4.78, 5) is 7.80. The molecule has 0 bridgehead atoms. The number of nitrogen functional groups attached to an aromatic ring is 1. The molecule has 0 aromatic carbocycles. The van der Waals surface area contributed by atoms with Gasteiger partial charge in [0.15, 0.2) is 0 Å². The number of nitrogens with zero attached hydrogens (tertiary/aromatic N) is 2. The van der Waals surface area contributed by atoms with Gasteiger partial charge in [-0.05, 0) is 12.5 Å². The first kappa shape index (κ1) is 11.7. The Morgan fingerprint density at radius 3 is 2.93 bits per heavy atom. The van der Waals surface area contributed by atoms with Crippen LogP contribution in [0, 0.1) is 0 Å². The van der Waals surface area contributed by atoms with Crippen molar-refractivity contribution in [2.75, 3.05) is 25.6 Å². The fraction of sp³-hybridized carbons (Fsp3) is 0.600. The molecule has 0 aliphatic heterocycles. The van der Waals surface area contributed by atoms with Gasteiger partial charge in [0.2, 0.25) is 0 Å². The Morgan fingerprint density at radius 1 is 1.33 bits per heavy atom. The average Bonchev–Trinajstić information content (AvgIpc) is 2.23. The van der Waals surface area contributed by atoms with E-state index in [1.807, 2.05) is 0 Å². The smallest absolute Gasteiger partial charge is 0.318 e. The molecule has 1 heterocycles. The van der Waals surface area contributed by atoms with Crippen LogP contribution in [0.3, 0.4) is 0 Å². The zero-order chi connectivity index (χ0) is 10.9. The lowest BCUT2D eigenvalue weighted by Gasteiger charge is -2.05. The van der Waals surface area contributed by atoms with Gasteiger partial charge in [-0.15, -0.1) is 0 Å². The van der Waals surface area contributed by atoms with Crippen molar-refractivity contribution in [1.82, 2.24) is 9.97 Å². The van der Waals surface area contributed by atoms with E-state index in [4.69, 9.17) is 15.2 Å². The van der Waals surface area contributed by atoms with E-state index in [1.165, 1.54) is 0 Å². The minimum absolute atomic E-state index is 0.300. The quantitative estimate of drug-likeness (QED) is 0.687. The van der Waals surface area contributed by atoms with E-state index in [1.54, 1.807) is 12.3 Å². The fourth-order valence-electron chi connectivity index (χ4n) is 0.964. The average molecular weight is 211 g/mol. The van der Waals surface area contributed by atoms with Crippen molar-refractivity contribution >= 4 is 5.82 Å². The third kappa shape index (κ3) is 5.17. The molecule has 0 aliphatic carbocycles. The maximum Gasteiger partial charge on any atom is 0.318 e. The molecule has 0 unspecified atom stereocenters. The van der Waals surface area contributed by atoms with Gasteiger partial charge < -0.3 is 15.2 Å². The van der Waals surface area contributed by atoms with Crippen LogP contribution in [0.1, 0.15) is 19.8 Å². The molecule has 5 nitrogen and oxygen atoms in total. The molecule has 0 radical (unpaired) electrons. The van der Waals surface area contributed by atoms with Crippen molar-refractivity contribution in [2.24, 2.45) is 0 Å². The predicted molar refractivity (Wildman–Crippen MR) is 57.7 cm³/mol. The van der Waals surface area contributed by atoms with Crippen LogP contribution < -0.4 is 10.5 Å². The predicted octanol–water partition coefficient (Wildman–Crippen LogP) is 1.25. The minimum atomic E-state index is 0.300. The van der Waals surface area contributed by atoms with Crippen molar-refractivity contribution in [1.29, 1.82) is 0 Å². The number of unbranched alkanes of at least 4 members (excludes halogenated alkanes) is 1. The van der Waals surface area contributed by atoms with E-state index < -0.39 is 0 Å². The Kier molecular flexibility index (Phi) is 5.47. The molecule has 0 amide bonds. The lowest BCUT2D eigenvalue weighted by molar-refractivity contribution is 0.0948. The standard InChI is InChI=1S/C10H17N3O2/c1-2-3-6-14-7-8-15-10-12-5-4-9(11)13-10/h4-5H,2-3,6-8H2,1H3,(H2,11,12,13). The van der Waals surface area contributed by atoms with Crippen molar-refractivity contribution in [3.05, 3.63) is 12.3 Å². The molecule has 0 aliphatic rings. The highest BCUT2D eigenvalue weighted by molar-refractivity contribution is 5.26. The molecular weight excluding hydrogens is 194 g/mol. The van der Waals surface area contributed by atoms with Gasteiger partial charge in [0.25, 0.3) is 0 Å². The van der Waals surface area contributed by atoms with Gasteiger partial charge in [-0.3, -0.25) is 0 Å². The van der Waals surface area contributed by atoms with Gasteiger partial charge >= 0.3 is 6.01 Å². The Hall–Kier alpha value is -1.36. The van der Waals surface area contributed by atoms with Crippen LogP contribution in [0.4, 0.5) is 5.82 Å². The Bertz CT molecular complexity index is 281. The third-order valence-electron chi connectivity index (χ3n) is 1.76. The zero-order valence-electron chi connectivity index (χ0n) is 8.98. The van der Waals surface area contributed by atoms with Crippen LogP contribution in [-0.4, -0.2) is 29.8 Å². The summed E-state index contributed by atoms with van der Waals surface area (Å²) < 4.78 is 10.6. The minimum Gasteiger partial charge on any atom is -0.461 e. The third-order valence-corrected chi connectivity index (χ3v) is 1.76. The maximum atomic E-state index is 5.47. The lowest BCUT2D eigenvalue weighted by atomic mass is 10.4. The van der Waals surface area contributed by atoms with Crippen molar-refractivity contribution < 1.29 is 9.47 Å². The highest BCUT2D eigenvalue weighted by atomic mass is 16.5. The van der Waals surface area contributed by atoms with E-state index in [2.05, 4.69) is 16.9 Å². The van der Waals surface area contributed by atoms with Crippen LogP contribution in [0.15, 0.2) is 12.3 Å². The molecule has 5 heteroatoms. The maximum absolute atomic E-state index is 5.47. The summed E-state index contributed by atoms with van der Waals surface area (Å²) in [5.74, 6) is 0.409. The second kappa shape index (κ2) is 7.00. The molecule has 0 spiro atoms. The largest absolute Gasteiger partial charge is 0.461 e. The highest BCUT2D eigenvalue weighted by Crippen LogP contribution is 2.03. The van der Waals surface area contributed by atoms with Gasteiger partial charge in [0.05, 0.1) is 6.61 Å². The monoisotopic (exact) mass is 211 g/mol. The summed E-state index contributed by atoms with van der Waals surface area (Å²) in [6, 6.07) is 1.92. The SMILES string of the molecule is CCCCOCCOc1nccc(N)n1. The van der Waals surface area contributed by atoms with Crippen LogP contribution >= 0.6 is 0 Å². The van der Waals surface area contributed by atoms with Gasteiger partial charge in [-0.25, -0.2) is 4.98 Å². The van der Waals surface area contributed by atoms with E-state index in [0.717, 1.165) is 19.4 Å². The number of hydrogen-bond acceptors (Lipinski definition) is 5. The Labute approximate surface area is 89.6 Å². The Balaban J connectivity index is 2.10. The molecule has 0 fully saturated rings. The molecule has 84 valence electrons. The van der Waals surface area contributed by atoms with Crippen LogP contribution in [0.5, 0.6) is 6.01 Å². The van der Waals surface area contributed by atoms with Gasteiger partial charge in [-0.1, -0.05) is 13.3 Å². The van der Waals surface area contributed by atoms with E-state index in [0.29, 0.717) is 25.0 Å². The number of hydrogen-bond donors (Lipinski definition) is 1. The molecule has 1 aromatic heterocycles. The van der Waals surface area contributed by atoms with Crippen LogP contribution in [0.25, 0.3) is 0 Å². The van der Waals surface area contributed by atoms with Crippen molar-refractivity contribution in [3.8, 4) is 6.01 Å². The summed E-state index contributed by atoms with van der Waals surface area (Å²) in [7, 11) is 0. The summed E-state index contributed by atoms with van der Waals surface area (Å²) in [6.07, 6.45) is 3.78. The summed E-state index contributed by atoms with van der Waals surface area (Å²) >= 11 is 0. The van der Waals surface area contributed by atoms with Crippen LogP contribution in [0.2, 0.25) is 0 Å². The molecule has 0 atom stereocenters. The van der Waals surface area contributed by atoms with E-state index in [-0.39, 0.29) is 0 Å². The first-order chi connectivity index (χ1) is 7.33. The van der Waals surface area contributed by atoms with Crippen molar-refractivity contribution in [2.45, 2.75) is 19.8 Å². The number of nitrogens with two attached hydrogens (primary N) is 1. The molecule has 0 saturated carbocycles. The Morgan fingerprint density at radius 2 is 2.20 bits per heavy atom. The number of rotatable bonds is 7. The lowest BCUT2D eigenvalue weighted by Crippen LogP contribution is -2.09. The normalized spacial score (nSPS) is 10.2. The number of ether oxygens (including phenoxy) is 2. The molecule has 1 rings (SSSR count). The summed E-state index contributed by atoms with van der Waals surface area (Å²) in [5.41, 5.74) is 5.47. The second-order valence-electron chi connectivity index (χ2n) is 3.08. The second-order valence-corrected chi connectivity index (χ2v) is 3.08. The summed E-state index contributed by atoms with van der Waals surface area (Å²) in [5, 5.41) is 0. The molecule has 15 heavy (non-hydrogen) atoms. The molecular formula is C10H17N3O2. The van der Waals surface area contributed by atoms with Gasteiger partial charge in [0.1, 0.15) is 12.4 Å². The summed E-state index contributed by atoms with van der Waals surface area (Å²) in [6.45, 7) is 3.91. The number of anilines is 1. The fourth-order valence-corrected chi connectivity index (χ4v) is 0.964. The zero-order valence-corrected chi connectivity index (χ0v) is 8.98. The first-order valence-corrected chi connectivity index (χ1v) is 5.12. The van der Waals surface area contributed by atoms with Gasteiger partial charge in [-0.2, -0.15) is 4.98 Å². The first-order valence-electron chi connectivity index (χ1n) is 5.12. The highest BCUT2D eigenvalue weighted by Gasteiger charge is 1.97. The molecule has 2 N–H and O–H groups in total. The van der Waals surface area contributed by atoms with E-state index >= 15 is 0 Å². The number of aromatic nitrogens is 2. The van der Waals surface area contributed by atoms with E-state index in [9.17, 15) is 0 Å². The van der Waals surface area contributed by atoms with Crippen LogP contribution in [-0.2, 0) is 4.74 Å². The topological polar surface area (TPSA) is 70.3 Å². The van der Waals surface area contributed by atoms with Gasteiger partial charge in [0, 0.05) is 12.8 Å².